The molecule has 0 spiro atoms. The molecule has 2 unspecified atom stereocenters. The second-order valence-corrected chi connectivity index (χ2v) is 6.63. The summed E-state index contributed by atoms with van der Waals surface area (Å²) in [5.74, 6) is 0.248. The van der Waals surface area contributed by atoms with E-state index in [1.54, 1.807) is 12.1 Å². The normalized spacial score (nSPS) is 26.1. The number of sulfone groups is 1. The molecule has 100 valence electrons. The Morgan fingerprint density at radius 1 is 1.33 bits per heavy atom. The van der Waals surface area contributed by atoms with Gasteiger partial charge in [0, 0.05) is 6.54 Å². The molecular formula is C12H17NO4S. The van der Waals surface area contributed by atoms with Gasteiger partial charge in [-0.1, -0.05) is 12.1 Å². The van der Waals surface area contributed by atoms with Gasteiger partial charge < -0.3 is 15.2 Å². The summed E-state index contributed by atoms with van der Waals surface area (Å²) in [6.45, 7) is 0.765. The van der Waals surface area contributed by atoms with Gasteiger partial charge in [-0.2, -0.15) is 0 Å². The molecule has 2 atom stereocenters. The summed E-state index contributed by atoms with van der Waals surface area (Å²) in [7, 11) is -1.30. The van der Waals surface area contributed by atoms with E-state index in [0.717, 1.165) is 12.1 Å². The molecule has 1 aliphatic heterocycles. The average Bonchev–Trinajstić information content (AvgIpc) is 2.55. The monoisotopic (exact) mass is 271 g/mol. The van der Waals surface area contributed by atoms with E-state index < -0.39 is 22.0 Å². The van der Waals surface area contributed by atoms with E-state index in [-0.39, 0.29) is 11.5 Å². The second-order valence-electron chi connectivity index (χ2n) is 4.47. The molecule has 1 fully saturated rings. The fourth-order valence-corrected chi connectivity index (χ4v) is 3.64. The van der Waals surface area contributed by atoms with Crippen molar-refractivity contribution in [2.75, 3.05) is 18.6 Å². The fourth-order valence-electron chi connectivity index (χ4n) is 1.97. The second kappa shape index (κ2) is 5.26. The average molecular weight is 271 g/mol. The van der Waals surface area contributed by atoms with Crippen molar-refractivity contribution in [3.8, 4) is 5.75 Å². The zero-order valence-corrected chi connectivity index (χ0v) is 11.0. The van der Waals surface area contributed by atoms with Crippen LogP contribution < -0.4 is 10.1 Å². The van der Waals surface area contributed by atoms with Crippen LogP contribution >= 0.6 is 0 Å². The largest absolute Gasteiger partial charge is 0.487 e. The molecule has 0 aromatic heterocycles. The molecule has 1 heterocycles. The number of rotatable bonds is 4. The standard InChI is InChI=1S/C12H17NO4S/c1-13-6-9-2-4-10(5-3-9)17-12-8-18(15,16)7-11(12)14/h2-5,11-14H,6-8H2,1H3. The predicted molar refractivity (Wildman–Crippen MR) is 68.3 cm³/mol. The van der Waals surface area contributed by atoms with Gasteiger partial charge in [-0.05, 0) is 24.7 Å². The Morgan fingerprint density at radius 3 is 2.50 bits per heavy atom. The van der Waals surface area contributed by atoms with E-state index in [9.17, 15) is 13.5 Å². The fraction of sp³-hybridized carbons (Fsp3) is 0.500. The number of ether oxygens (including phenoxy) is 1. The third-order valence-electron chi connectivity index (χ3n) is 2.86. The van der Waals surface area contributed by atoms with Crippen LogP contribution in [0.25, 0.3) is 0 Å². The molecule has 0 aliphatic carbocycles. The highest BCUT2D eigenvalue weighted by Crippen LogP contribution is 2.20. The van der Waals surface area contributed by atoms with Gasteiger partial charge in [-0.3, -0.25) is 0 Å². The number of hydrogen-bond acceptors (Lipinski definition) is 5. The van der Waals surface area contributed by atoms with Crippen molar-refractivity contribution in [2.24, 2.45) is 0 Å². The first kappa shape index (κ1) is 13.3. The number of aliphatic hydroxyl groups excluding tert-OH is 1. The summed E-state index contributed by atoms with van der Waals surface area (Å²) in [4.78, 5) is 0. The van der Waals surface area contributed by atoms with E-state index in [1.807, 2.05) is 19.2 Å². The van der Waals surface area contributed by atoms with Crippen LogP contribution in [-0.2, 0) is 16.4 Å². The topological polar surface area (TPSA) is 75.6 Å². The quantitative estimate of drug-likeness (QED) is 0.802. The molecule has 2 N–H and O–H groups in total. The van der Waals surface area contributed by atoms with Gasteiger partial charge in [0.2, 0.25) is 0 Å². The number of benzene rings is 1. The zero-order chi connectivity index (χ0) is 13.2. The first-order chi connectivity index (χ1) is 8.50. The zero-order valence-electron chi connectivity index (χ0n) is 10.2. The van der Waals surface area contributed by atoms with Crippen LogP contribution in [0.5, 0.6) is 5.75 Å². The number of nitrogens with one attached hydrogen (secondary N) is 1. The smallest absolute Gasteiger partial charge is 0.156 e. The van der Waals surface area contributed by atoms with Crippen molar-refractivity contribution in [1.82, 2.24) is 5.32 Å². The molecule has 1 saturated heterocycles. The van der Waals surface area contributed by atoms with Crippen LogP contribution in [0.4, 0.5) is 0 Å². The first-order valence-corrected chi connectivity index (χ1v) is 7.61. The highest BCUT2D eigenvalue weighted by molar-refractivity contribution is 7.91. The van der Waals surface area contributed by atoms with E-state index in [0.29, 0.717) is 5.75 Å². The maximum absolute atomic E-state index is 11.3. The lowest BCUT2D eigenvalue weighted by Gasteiger charge is -2.15. The van der Waals surface area contributed by atoms with Gasteiger partial charge >= 0.3 is 0 Å². The highest BCUT2D eigenvalue weighted by atomic mass is 32.2. The van der Waals surface area contributed by atoms with Gasteiger partial charge in [0.05, 0.1) is 11.5 Å². The Morgan fingerprint density at radius 2 is 2.00 bits per heavy atom. The molecule has 0 saturated carbocycles. The number of aliphatic hydroxyl groups is 1. The Labute approximate surface area is 107 Å². The molecule has 1 aromatic rings. The molecule has 0 amide bonds. The summed E-state index contributed by atoms with van der Waals surface area (Å²) >= 11 is 0. The summed E-state index contributed by atoms with van der Waals surface area (Å²) in [6.07, 6.45) is -1.60. The molecule has 1 aromatic carbocycles. The summed E-state index contributed by atoms with van der Waals surface area (Å²) in [6, 6.07) is 7.37. The van der Waals surface area contributed by atoms with Crippen molar-refractivity contribution in [3.63, 3.8) is 0 Å². The van der Waals surface area contributed by atoms with Gasteiger partial charge in [0.25, 0.3) is 0 Å². The van der Waals surface area contributed by atoms with Crippen LogP contribution in [-0.4, -0.2) is 44.3 Å². The van der Waals surface area contributed by atoms with E-state index in [1.165, 1.54) is 0 Å². The molecule has 6 heteroatoms. The Kier molecular flexibility index (Phi) is 3.89. The third kappa shape index (κ3) is 3.22. The first-order valence-electron chi connectivity index (χ1n) is 5.79. The van der Waals surface area contributed by atoms with Crippen molar-refractivity contribution in [2.45, 2.75) is 18.8 Å². The minimum atomic E-state index is -3.17. The number of hydrogen-bond donors (Lipinski definition) is 2. The Hall–Kier alpha value is -1.11. The molecule has 1 aliphatic rings. The molecule has 0 radical (unpaired) electrons. The van der Waals surface area contributed by atoms with Crippen LogP contribution in [0.3, 0.4) is 0 Å². The van der Waals surface area contributed by atoms with Crippen LogP contribution in [0.2, 0.25) is 0 Å². The van der Waals surface area contributed by atoms with Crippen molar-refractivity contribution in [3.05, 3.63) is 29.8 Å². The van der Waals surface area contributed by atoms with Gasteiger partial charge in [0.1, 0.15) is 18.0 Å². The van der Waals surface area contributed by atoms with Crippen molar-refractivity contribution >= 4 is 9.84 Å². The molecule has 5 nitrogen and oxygen atoms in total. The van der Waals surface area contributed by atoms with Crippen molar-refractivity contribution < 1.29 is 18.3 Å². The van der Waals surface area contributed by atoms with E-state index >= 15 is 0 Å². The van der Waals surface area contributed by atoms with Gasteiger partial charge in [-0.15, -0.1) is 0 Å². The molecule has 18 heavy (non-hydrogen) atoms. The third-order valence-corrected chi connectivity index (χ3v) is 4.55. The van der Waals surface area contributed by atoms with Gasteiger partial charge in [0.15, 0.2) is 9.84 Å². The highest BCUT2D eigenvalue weighted by Gasteiger charge is 2.38. The maximum Gasteiger partial charge on any atom is 0.156 e. The van der Waals surface area contributed by atoms with E-state index in [4.69, 9.17) is 4.74 Å². The van der Waals surface area contributed by atoms with Crippen LogP contribution in [0.15, 0.2) is 24.3 Å². The predicted octanol–water partition coefficient (Wildman–Crippen LogP) is -0.0573. The minimum absolute atomic E-state index is 0.119. The van der Waals surface area contributed by atoms with Crippen molar-refractivity contribution in [1.29, 1.82) is 0 Å². The summed E-state index contributed by atoms with van der Waals surface area (Å²) in [5.41, 5.74) is 1.12. The molecule has 2 rings (SSSR count). The lowest BCUT2D eigenvalue weighted by atomic mass is 10.2. The van der Waals surface area contributed by atoms with Crippen LogP contribution in [0, 0.1) is 0 Å². The summed E-state index contributed by atoms with van der Waals surface area (Å²) in [5, 5.41) is 12.6. The summed E-state index contributed by atoms with van der Waals surface area (Å²) < 4.78 is 28.2. The van der Waals surface area contributed by atoms with Gasteiger partial charge in [-0.25, -0.2) is 8.42 Å². The Bertz CT molecular complexity index is 497. The Balaban J connectivity index is 2.01. The van der Waals surface area contributed by atoms with Crippen LogP contribution in [0.1, 0.15) is 5.56 Å². The maximum atomic E-state index is 11.3. The lowest BCUT2D eigenvalue weighted by molar-refractivity contribution is 0.0738. The van der Waals surface area contributed by atoms with E-state index in [2.05, 4.69) is 5.32 Å². The molecular weight excluding hydrogens is 254 g/mol. The SMILES string of the molecule is CNCc1ccc(OC2CS(=O)(=O)CC2O)cc1. The lowest BCUT2D eigenvalue weighted by Crippen LogP contribution is -2.29. The minimum Gasteiger partial charge on any atom is -0.487 e. The molecule has 0 bridgehead atoms.